The molecule has 0 N–H and O–H groups in total. The van der Waals surface area contributed by atoms with Gasteiger partial charge >= 0.3 is 0 Å². The van der Waals surface area contributed by atoms with Crippen molar-refractivity contribution in [1.29, 1.82) is 0 Å². The van der Waals surface area contributed by atoms with Gasteiger partial charge < -0.3 is 4.57 Å². The third kappa shape index (κ3) is 2.31. The fourth-order valence-electron chi connectivity index (χ4n) is 3.61. The Hall–Kier alpha value is -1.13. The molecule has 1 aliphatic carbocycles. The molecule has 4 heteroatoms. The molecule has 0 saturated carbocycles. The molecule has 2 aliphatic rings. The lowest BCUT2D eigenvalue weighted by Gasteiger charge is -2.20. The predicted octanol–water partition coefficient (Wildman–Crippen LogP) is 3.27. The Morgan fingerprint density at radius 3 is 3.15 bits per heavy atom. The van der Waals surface area contributed by atoms with Gasteiger partial charge in [0.2, 0.25) is 0 Å². The number of hydrogen-bond acceptors (Lipinski definition) is 3. The van der Waals surface area contributed by atoms with Crippen molar-refractivity contribution >= 4 is 11.3 Å². The summed E-state index contributed by atoms with van der Waals surface area (Å²) in [7, 11) is 0. The molecule has 1 fully saturated rings. The van der Waals surface area contributed by atoms with Crippen LogP contribution >= 0.6 is 11.3 Å². The van der Waals surface area contributed by atoms with Gasteiger partial charge in [0.1, 0.15) is 0 Å². The zero-order valence-electron chi connectivity index (χ0n) is 11.8. The van der Waals surface area contributed by atoms with Crippen LogP contribution in [0, 0.1) is 0 Å². The number of aromatic nitrogens is 2. The Bertz CT molecular complexity index is 573. The third-order valence-corrected chi connectivity index (χ3v) is 5.52. The number of aryl methyl sites for hydroxylation is 1. The lowest BCUT2D eigenvalue weighted by molar-refractivity contribution is 0.317. The number of rotatable bonds is 3. The van der Waals surface area contributed by atoms with E-state index in [0.717, 1.165) is 6.54 Å². The summed E-state index contributed by atoms with van der Waals surface area (Å²) >= 11 is 1.87. The molecule has 20 heavy (non-hydrogen) atoms. The smallest absolute Gasteiger partial charge is 0.0954 e. The summed E-state index contributed by atoms with van der Waals surface area (Å²) in [5, 5.41) is 2.18. The van der Waals surface area contributed by atoms with Crippen molar-refractivity contribution in [3.63, 3.8) is 0 Å². The molecule has 106 valence electrons. The summed E-state index contributed by atoms with van der Waals surface area (Å²) in [6.45, 7) is 3.52. The topological polar surface area (TPSA) is 21.1 Å². The highest BCUT2D eigenvalue weighted by Crippen LogP contribution is 2.29. The first-order valence-corrected chi connectivity index (χ1v) is 8.57. The van der Waals surface area contributed by atoms with E-state index in [1.54, 1.807) is 0 Å². The lowest BCUT2D eigenvalue weighted by atomic mass is 10.0. The maximum absolute atomic E-state index is 4.65. The second kappa shape index (κ2) is 5.34. The van der Waals surface area contributed by atoms with E-state index in [2.05, 4.69) is 38.3 Å². The van der Waals surface area contributed by atoms with E-state index in [1.165, 1.54) is 61.5 Å². The molecule has 3 heterocycles. The number of likely N-dealkylation sites (tertiary alicyclic amines) is 1. The largest absolute Gasteiger partial charge is 0.330 e. The van der Waals surface area contributed by atoms with Crippen molar-refractivity contribution in [2.45, 2.75) is 44.7 Å². The lowest BCUT2D eigenvalue weighted by Crippen LogP contribution is -2.21. The number of fused-ring (bicyclic) bond motifs is 1. The molecule has 1 saturated heterocycles. The van der Waals surface area contributed by atoms with Gasteiger partial charge in [-0.05, 0) is 43.6 Å². The third-order valence-electron chi connectivity index (χ3n) is 4.66. The first-order chi connectivity index (χ1) is 9.90. The van der Waals surface area contributed by atoms with E-state index in [0.29, 0.717) is 6.04 Å². The molecule has 0 radical (unpaired) electrons. The fraction of sp³-hybridized carbons (Fsp3) is 0.562. The number of nitrogens with zero attached hydrogens (tertiary/aromatic N) is 3. The molecule has 2 aromatic heterocycles. The van der Waals surface area contributed by atoms with Crippen LogP contribution in [-0.2, 0) is 19.4 Å². The normalized spacial score (nSPS) is 23.1. The van der Waals surface area contributed by atoms with Gasteiger partial charge in [-0.15, -0.1) is 11.3 Å². The zero-order valence-corrected chi connectivity index (χ0v) is 12.6. The first-order valence-electron chi connectivity index (χ1n) is 7.69. The Morgan fingerprint density at radius 1 is 1.30 bits per heavy atom. The van der Waals surface area contributed by atoms with Crippen LogP contribution in [0.4, 0.5) is 0 Å². The Kier molecular flexibility index (Phi) is 3.36. The molecule has 1 atom stereocenters. The van der Waals surface area contributed by atoms with Crippen molar-refractivity contribution < 1.29 is 0 Å². The van der Waals surface area contributed by atoms with E-state index in [1.807, 2.05) is 11.3 Å². The summed E-state index contributed by atoms with van der Waals surface area (Å²) in [5.41, 5.74) is 2.90. The molecule has 1 aliphatic heterocycles. The minimum atomic E-state index is 0.643. The summed E-state index contributed by atoms with van der Waals surface area (Å²) in [4.78, 5) is 8.72. The van der Waals surface area contributed by atoms with Gasteiger partial charge in [-0.3, -0.25) is 4.90 Å². The minimum Gasteiger partial charge on any atom is -0.330 e. The van der Waals surface area contributed by atoms with Crippen LogP contribution in [0.5, 0.6) is 0 Å². The standard InChI is InChI=1S/C16H21N3S/c1-2-6-16-15(5-1)17-12-19(16)13-7-8-18(10-13)11-14-4-3-9-20-14/h3-4,9,12-13H,1-2,5-8,10-11H2/t13-/m0/s1. The first kappa shape index (κ1) is 12.6. The molecule has 0 unspecified atom stereocenters. The van der Waals surface area contributed by atoms with Gasteiger partial charge in [-0.2, -0.15) is 0 Å². The van der Waals surface area contributed by atoms with Gasteiger partial charge in [0, 0.05) is 36.2 Å². The summed E-state index contributed by atoms with van der Waals surface area (Å²) in [5.74, 6) is 0. The van der Waals surface area contributed by atoms with E-state index in [4.69, 9.17) is 0 Å². The summed E-state index contributed by atoms with van der Waals surface area (Å²) in [6, 6.07) is 5.04. The molecular weight excluding hydrogens is 266 g/mol. The molecule has 2 aromatic rings. The summed E-state index contributed by atoms with van der Waals surface area (Å²) in [6.07, 6.45) is 8.46. The monoisotopic (exact) mass is 287 g/mol. The zero-order chi connectivity index (χ0) is 13.4. The van der Waals surface area contributed by atoms with Crippen molar-refractivity contribution in [3.8, 4) is 0 Å². The van der Waals surface area contributed by atoms with Gasteiger partial charge in [0.25, 0.3) is 0 Å². The van der Waals surface area contributed by atoms with E-state index >= 15 is 0 Å². The Labute approximate surface area is 124 Å². The van der Waals surface area contributed by atoms with E-state index in [-0.39, 0.29) is 0 Å². The van der Waals surface area contributed by atoms with Crippen LogP contribution in [0.3, 0.4) is 0 Å². The highest BCUT2D eigenvalue weighted by Gasteiger charge is 2.27. The van der Waals surface area contributed by atoms with Gasteiger partial charge in [-0.25, -0.2) is 4.98 Å². The molecular formula is C16H21N3S. The molecule has 0 amide bonds. The van der Waals surface area contributed by atoms with Crippen molar-refractivity contribution in [1.82, 2.24) is 14.5 Å². The predicted molar refractivity (Wildman–Crippen MR) is 82.1 cm³/mol. The molecule has 0 aromatic carbocycles. The van der Waals surface area contributed by atoms with Crippen molar-refractivity contribution in [3.05, 3.63) is 40.1 Å². The molecule has 0 bridgehead atoms. The van der Waals surface area contributed by atoms with Crippen molar-refractivity contribution in [2.75, 3.05) is 13.1 Å². The number of thiophene rings is 1. The Balaban J connectivity index is 1.47. The average molecular weight is 287 g/mol. The Morgan fingerprint density at radius 2 is 2.25 bits per heavy atom. The highest BCUT2D eigenvalue weighted by molar-refractivity contribution is 7.09. The fourth-order valence-corrected chi connectivity index (χ4v) is 4.36. The van der Waals surface area contributed by atoms with Crippen LogP contribution in [-0.4, -0.2) is 27.5 Å². The maximum Gasteiger partial charge on any atom is 0.0954 e. The van der Waals surface area contributed by atoms with Crippen molar-refractivity contribution in [2.24, 2.45) is 0 Å². The highest BCUT2D eigenvalue weighted by atomic mass is 32.1. The minimum absolute atomic E-state index is 0.643. The second-order valence-electron chi connectivity index (χ2n) is 6.01. The second-order valence-corrected chi connectivity index (χ2v) is 7.04. The average Bonchev–Trinajstić information content (AvgIpc) is 3.18. The molecule has 4 rings (SSSR count). The number of imidazole rings is 1. The summed E-state index contributed by atoms with van der Waals surface area (Å²) < 4.78 is 2.49. The van der Waals surface area contributed by atoms with Gasteiger partial charge in [-0.1, -0.05) is 6.07 Å². The van der Waals surface area contributed by atoms with E-state index in [9.17, 15) is 0 Å². The molecule has 3 nitrogen and oxygen atoms in total. The van der Waals surface area contributed by atoms with Crippen LogP contribution < -0.4 is 0 Å². The van der Waals surface area contributed by atoms with E-state index < -0.39 is 0 Å². The van der Waals surface area contributed by atoms with Crippen LogP contribution in [0.15, 0.2) is 23.8 Å². The number of hydrogen-bond donors (Lipinski definition) is 0. The maximum atomic E-state index is 4.65. The van der Waals surface area contributed by atoms with Gasteiger partial charge in [0.15, 0.2) is 0 Å². The van der Waals surface area contributed by atoms with Crippen LogP contribution in [0.25, 0.3) is 0 Å². The SMILES string of the molecule is c1csc(CN2CC[C@H](n3cnc4c3CCCC4)C2)c1. The van der Waals surface area contributed by atoms with Crippen LogP contribution in [0.1, 0.15) is 41.6 Å². The quantitative estimate of drug-likeness (QED) is 0.864. The van der Waals surface area contributed by atoms with Crippen LogP contribution in [0.2, 0.25) is 0 Å². The molecule has 0 spiro atoms. The van der Waals surface area contributed by atoms with Gasteiger partial charge in [0.05, 0.1) is 12.0 Å².